The van der Waals surface area contributed by atoms with Gasteiger partial charge in [0, 0.05) is 37.2 Å². The zero-order chi connectivity index (χ0) is 12.3. The molecule has 0 aliphatic carbocycles. The van der Waals surface area contributed by atoms with Gasteiger partial charge in [0.05, 0.1) is 0 Å². The van der Waals surface area contributed by atoms with Crippen LogP contribution < -0.4 is 5.32 Å². The van der Waals surface area contributed by atoms with Gasteiger partial charge in [0.15, 0.2) is 0 Å². The van der Waals surface area contributed by atoms with Crippen molar-refractivity contribution in [2.75, 3.05) is 26.2 Å². The van der Waals surface area contributed by atoms with Gasteiger partial charge in [-0.2, -0.15) is 0 Å². The van der Waals surface area contributed by atoms with Gasteiger partial charge in [-0.05, 0) is 30.2 Å². The lowest BCUT2D eigenvalue weighted by Crippen LogP contribution is -2.45. The molecule has 1 fully saturated rings. The largest absolute Gasteiger partial charge is 0.314 e. The van der Waals surface area contributed by atoms with Crippen molar-refractivity contribution in [1.82, 2.24) is 10.2 Å². The number of rotatable bonds is 3. The van der Waals surface area contributed by atoms with Crippen LogP contribution in [0.3, 0.4) is 0 Å². The van der Waals surface area contributed by atoms with Crippen LogP contribution in [0.1, 0.15) is 24.9 Å². The maximum atomic E-state index is 13.4. The number of benzene rings is 1. The molecule has 0 aromatic heterocycles. The molecule has 0 unspecified atom stereocenters. The van der Waals surface area contributed by atoms with Gasteiger partial charge in [-0.3, -0.25) is 4.90 Å². The molecule has 0 radical (unpaired) electrons. The highest BCUT2D eigenvalue weighted by atomic mass is 35.5. The Kier molecular flexibility index (Phi) is 6.36. The monoisotopic (exact) mass is 292 g/mol. The van der Waals surface area contributed by atoms with Crippen LogP contribution in [0.25, 0.3) is 0 Å². The first kappa shape index (κ1) is 15.7. The molecule has 1 aromatic carbocycles. The Labute approximate surface area is 119 Å². The van der Waals surface area contributed by atoms with E-state index in [0.717, 1.165) is 38.2 Å². The summed E-state index contributed by atoms with van der Waals surface area (Å²) in [5.74, 6) is -0.249. The van der Waals surface area contributed by atoms with Crippen molar-refractivity contribution in [3.63, 3.8) is 0 Å². The van der Waals surface area contributed by atoms with Gasteiger partial charge in [0.2, 0.25) is 0 Å². The minimum absolute atomic E-state index is 0. The van der Waals surface area contributed by atoms with Crippen molar-refractivity contribution in [2.24, 2.45) is 0 Å². The first-order valence-electron chi connectivity index (χ1n) is 6.11. The summed E-state index contributed by atoms with van der Waals surface area (Å²) in [4.78, 5) is 2.39. The normalized spacial score (nSPS) is 18.2. The Morgan fingerprint density at radius 1 is 1.33 bits per heavy atom. The topological polar surface area (TPSA) is 15.3 Å². The van der Waals surface area contributed by atoms with Crippen LogP contribution in [-0.2, 0) is 0 Å². The highest BCUT2D eigenvalue weighted by Gasteiger charge is 2.21. The molecule has 0 amide bonds. The van der Waals surface area contributed by atoms with Crippen LogP contribution in [-0.4, -0.2) is 31.1 Å². The standard InChI is InChI=1S/C13H18ClFN2.ClH/c1-2-13(17-5-3-16-4-6-17)10-7-11(14)9-12(15)8-10;/h7-9,13,16H,2-6H2,1H3;1H/t13-;/m0./s1. The van der Waals surface area contributed by atoms with Crippen LogP contribution in [0.15, 0.2) is 18.2 Å². The van der Waals surface area contributed by atoms with Crippen LogP contribution in [0.5, 0.6) is 0 Å². The maximum absolute atomic E-state index is 13.4. The average Bonchev–Trinajstić information content (AvgIpc) is 2.30. The van der Waals surface area contributed by atoms with Crippen LogP contribution in [0.4, 0.5) is 4.39 Å². The second kappa shape index (κ2) is 7.29. The number of nitrogens with one attached hydrogen (secondary N) is 1. The third-order valence-corrected chi connectivity index (χ3v) is 3.47. The molecular weight excluding hydrogens is 274 g/mol. The average molecular weight is 293 g/mol. The fraction of sp³-hybridized carbons (Fsp3) is 0.538. The third-order valence-electron chi connectivity index (χ3n) is 3.25. The molecule has 102 valence electrons. The molecule has 1 saturated heterocycles. The molecular formula is C13H19Cl2FN2. The Morgan fingerprint density at radius 2 is 2.00 bits per heavy atom. The number of nitrogens with zero attached hydrogens (tertiary/aromatic N) is 1. The lowest BCUT2D eigenvalue weighted by atomic mass is 10.0. The second-order valence-corrected chi connectivity index (χ2v) is 4.85. The fourth-order valence-electron chi connectivity index (χ4n) is 2.47. The predicted octanol–water partition coefficient (Wildman–Crippen LogP) is 3.26. The molecule has 1 aliphatic heterocycles. The van der Waals surface area contributed by atoms with Crippen molar-refractivity contribution in [2.45, 2.75) is 19.4 Å². The van der Waals surface area contributed by atoms with Crippen molar-refractivity contribution in [3.05, 3.63) is 34.6 Å². The quantitative estimate of drug-likeness (QED) is 0.920. The third kappa shape index (κ3) is 3.82. The molecule has 0 saturated carbocycles. The number of piperazine rings is 1. The summed E-state index contributed by atoms with van der Waals surface area (Å²) in [6.07, 6.45) is 0.972. The van der Waals surface area contributed by atoms with Crippen LogP contribution >= 0.6 is 24.0 Å². The molecule has 1 atom stereocenters. The van der Waals surface area contributed by atoms with E-state index in [2.05, 4.69) is 17.1 Å². The van der Waals surface area contributed by atoms with E-state index < -0.39 is 0 Å². The van der Waals surface area contributed by atoms with Gasteiger partial charge >= 0.3 is 0 Å². The number of hydrogen-bond donors (Lipinski definition) is 1. The summed E-state index contributed by atoms with van der Waals surface area (Å²) in [6, 6.07) is 5.10. The fourth-order valence-corrected chi connectivity index (χ4v) is 2.70. The van der Waals surface area contributed by atoms with Gasteiger partial charge in [0.1, 0.15) is 5.82 Å². The zero-order valence-corrected chi connectivity index (χ0v) is 12.0. The highest BCUT2D eigenvalue weighted by molar-refractivity contribution is 6.30. The van der Waals surface area contributed by atoms with Crippen LogP contribution in [0.2, 0.25) is 5.02 Å². The summed E-state index contributed by atoms with van der Waals surface area (Å²) in [5.41, 5.74) is 0.986. The molecule has 2 rings (SSSR count). The van der Waals surface area contributed by atoms with Gasteiger partial charge in [-0.1, -0.05) is 18.5 Å². The van der Waals surface area contributed by atoms with E-state index in [1.807, 2.05) is 6.07 Å². The van der Waals surface area contributed by atoms with Gasteiger partial charge in [-0.25, -0.2) is 4.39 Å². The molecule has 0 spiro atoms. The molecule has 5 heteroatoms. The van der Waals surface area contributed by atoms with E-state index in [1.54, 1.807) is 6.07 Å². The summed E-state index contributed by atoms with van der Waals surface area (Å²) < 4.78 is 13.4. The Morgan fingerprint density at radius 3 is 2.56 bits per heavy atom. The molecule has 2 nitrogen and oxygen atoms in total. The number of hydrogen-bond acceptors (Lipinski definition) is 2. The van der Waals surface area contributed by atoms with Gasteiger partial charge in [0.25, 0.3) is 0 Å². The zero-order valence-electron chi connectivity index (χ0n) is 10.5. The predicted molar refractivity (Wildman–Crippen MR) is 76.1 cm³/mol. The van der Waals surface area contributed by atoms with Gasteiger partial charge < -0.3 is 5.32 Å². The van der Waals surface area contributed by atoms with E-state index in [9.17, 15) is 4.39 Å². The molecule has 1 heterocycles. The molecule has 1 aliphatic rings. The Hall–Kier alpha value is -0.350. The second-order valence-electron chi connectivity index (χ2n) is 4.41. The van der Waals surface area contributed by atoms with Gasteiger partial charge in [-0.15, -0.1) is 12.4 Å². The molecule has 1 aromatic rings. The lowest BCUT2D eigenvalue weighted by Gasteiger charge is -2.34. The van der Waals surface area contributed by atoms with Crippen molar-refractivity contribution < 1.29 is 4.39 Å². The van der Waals surface area contributed by atoms with Crippen molar-refractivity contribution >= 4 is 24.0 Å². The number of halogens is 3. The molecule has 1 N–H and O–H groups in total. The summed E-state index contributed by atoms with van der Waals surface area (Å²) in [6.45, 7) is 6.14. The minimum Gasteiger partial charge on any atom is -0.314 e. The molecule has 18 heavy (non-hydrogen) atoms. The Bertz CT molecular complexity index is 361. The van der Waals surface area contributed by atoms with E-state index in [4.69, 9.17) is 11.6 Å². The Balaban J connectivity index is 0.00000162. The first-order chi connectivity index (χ1) is 8.20. The van der Waals surface area contributed by atoms with Crippen LogP contribution in [0, 0.1) is 5.82 Å². The van der Waals surface area contributed by atoms with E-state index in [-0.39, 0.29) is 24.3 Å². The van der Waals surface area contributed by atoms with E-state index in [1.165, 1.54) is 6.07 Å². The van der Waals surface area contributed by atoms with E-state index in [0.29, 0.717) is 5.02 Å². The molecule has 0 bridgehead atoms. The highest BCUT2D eigenvalue weighted by Crippen LogP contribution is 2.27. The summed E-state index contributed by atoms with van der Waals surface area (Å²) in [5, 5.41) is 3.81. The maximum Gasteiger partial charge on any atom is 0.125 e. The first-order valence-corrected chi connectivity index (χ1v) is 6.49. The smallest absolute Gasteiger partial charge is 0.125 e. The van der Waals surface area contributed by atoms with Crippen molar-refractivity contribution in [3.8, 4) is 0 Å². The SMILES string of the molecule is CC[C@@H](c1cc(F)cc(Cl)c1)N1CCNCC1.Cl. The summed E-state index contributed by atoms with van der Waals surface area (Å²) >= 11 is 5.92. The lowest BCUT2D eigenvalue weighted by molar-refractivity contribution is 0.169. The van der Waals surface area contributed by atoms with E-state index >= 15 is 0 Å². The summed E-state index contributed by atoms with van der Waals surface area (Å²) in [7, 11) is 0. The minimum atomic E-state index is -0.249. The van der Waals surface area contributed by atoms with Crippen molar-refractivity contribution in [1.29, 1.82) is 0 Å².